The number of nitrogens with zero attached hydrogens (tertiary/aromatic N) is 1. The van der Waals surface area contributed by atoms with Gasteiger partial charge in [0.05, 0.1) is 29.8 Å². The first-order valence-corrected chi connectivity index (χ1v) is 14.7. The highest BCUT2D eigenvalue weighted by atomic mass is 127. The maximum absolute atomic E-state index is 13.3. The number of methoxy groups -OCH3 is 1. The van der Waals surface area contributed by atoms with Gasteiger partial charge in [-0.25, -0.2) is 0 Å². The van der Waals surface area contributed by atoms with Gasteiger partial charge in [0.25, 0.3) is 0 Å². The van der Waals surface area contributed by atoms with Crippen molar-refractivity contribution in [2.45, 2.75) is 126 Å². The zero-order valence-electron chi connectivity index (χ0n) is 24.0. The Kier molecular flexibility index (Phi) is 12.1. The number of rotatable bonds is 3. The number of cyclic esters (lactones) is 1. The fourth-order valence-electron chi connectivity index (χ4n) is 5.75. The molecule has 0 aromatic rings. The Morgan fingerprint density at radius 2 is 1.70 bits per heavy atom. The van der Waals surface area contributed by atoms with E-state index in [2.05, 4.69) is 6.92 Å². The van der Waals surface area contributed by atoms with Gasteiger partial charge in [0.2, 0.25) is 0 Å². The number of hydrogen-bond donors (Lipinski definition) is 3. The Morgan fingerprint density at radius 3 is 2.30 bits per heavy atom. The van der Waals surface area contributed by atoms with E-state index in [0.717, 1.165) is 6.42 Å². The topological polar surface area (TPSA) is 118 Å². The minimum atomic E-state index is -1.68. The van der Waals surface area contributed by atoms with Crippen LogP contribution in [-0.4, -0.2) is 99.0 Å². The predicted octanol–water partition coefficient (Wildman–Crippen LogP) is 3.10. The first-order valence-electron chi connectivity index (χ1n) is 13.5. The van der Waals surface area contributed by atoms with E-state index >= 15 is 0 Å². The Labute approximate surface area is 236 Å². The fourth-order valence-corrected chi connectivity index (χ4v) is 6.37. The average molecular weight is 644 g/mol. The Balaban J connectivity index is 2.36. The van der Waals surface area contributed by atoms with Crippen LogP contribution in [0.25, 0.3) is 0 Å². The molecule has 2 heterocycles. The lowest BCUT2D eigenvalue weighted by atomic mass is 9.86. The van der Waals surface area contributed by atoms with Crippen LogP contribution in [0.2, 0.25) is 0 Å². The molecule has 2 aliphatic rings. The molecule has 0 unspecified atom stereocenters. The summed E-state index contributed by atoms with van der Waals surface area (Å²) in [6.07, 6.45) is -0.755. The Morgan fingerprint density at radius 1 is 1.08 bits per heavy atom. The quantitative estimate of drug-likeness (QED) is 0.242. The van der Waals surface area contributed by atoms with Gasteiger partial charge in [0.1, 0.15) is 11.7 Å². The lowest BCUT2D eigenvalue weighted by molar-refractivity contribution is -0.264. The lowest BCUT2D eigenvalue weighted by Gasteiger charge is -2.43. The highest BCUT2D eigenvalue weighted by molar-refractivity contribution is 14.1. The molecule has 218 valence electrons. The molecule has 2 aliphatic heterocycles. The molecule has 2 rings (SSSR count). The van der Waals surface area contributed by atoms with Crippen LogP contribution in [0.4, 0.5) is 0 Å². The minimum absolute atomic E-state index is 0.0794. The van der Waals surface area contributed by atoms with Crippen molar-refractivity contribution in [3.8, 4) is 0 Å². The summed E-state index contributed by atoms with van der Waals surface area (Å²) in [6, 6.07) is -0.399. The Hall–Kier alpha value is -0.0800. The molecule has 0 aliphatic carbocycles. The molecule has 0 aromatic carbocycles. The number of esters is 1. The number of alkyl halides is 1. The molecule has 2 fully saturated rings. The van der Waals surface area contributed by atoms with Gasteiger partial charge < -0.3 is 39.2 Å². The molecule has 9 nitrogen and oxygen atoms in total. The summed E-state index contributed by atoms with van der Waals surface area (Å²) in [5.41, 5.74) is -2.09. The van der Waals surface area contributed by atoms with E-state index in [0.29, 0.717) is 25.8 Å². The second-order valence-corrected chi connectivity index (χ2v) is 13.3. The van der Waals surface area contributed by atoms with Crippen LogP contribution >= 0.6 is 22.6 Å². The number of carbonyl (C=O) groups is 1. The summed E-state index contributed by atoms with van der Waals surface area (Å²) in [4.78, 5) is 15.3. The van der Waals surface area contributed by atoms with Crippen molar-refractivity contribution >= 4 is 28.6 Å². The molecular formula is C27H50INO8. The number of aliphatic hydroxyl groups excluding tert-OH is 2. The molecule has 37 heavy (non-hydrogen) atoms. The van der Waals surface area contributed by atoms with Crippen molar-refractivity contribution in [3.05, 3.63) is 0 Å². The van der Waals surface area contributed by atoms with E-state index in [4.69, 9.17) is 18.9 Å². The average Bonchev–Trinajstić information content (AvgIpc) is 2.79. The zero-order chi connectivity index (χ0) is 28.3. The number of hydrogen-bond acceptors (Lipinski definition) is 9. The second-order valence-electron chi connectivity index (χ2n) is 12.1. The molecular weight excluding hydrogens is 593 g/mol. The van der Waals surface area contributed by atoms with Crippen LogP contribution in [0.1, 0.15) is 74.1 Å². The third kappa shape index (κ3) is 8.70. The van der Waals surface area contributed by atoms with Gasteiger partial charge >= 0.3 is 5.97 Å². The van der Waals surface area contributed by atoms with Crippen LogP contribution in [0.15, 0.2) is 0 Å². The molecule has 0 aromatic heterocycles. The smallest absolute Gasteiger partial charge is 0.312 e. The van der Waals surface area contributed by atoms with Crippen LogP contribution in [0.5, 0.6) is 0 Å². The highest BCUT2D eigenvalue weighted by Gasteiger charge is 2.46. The first-order chi connectivity index (χ1) is 17.0. The van der Waals surface area contributed by atoms with Gasteiger partial charge in [-0.3, -0.25) is 4.79 Å². The molecule has 2 saturated heterocycles. The molecule has 0 radical (unpaired) electrons. The van der Waals surface area contributed by atoms with E-state index in [1.807, 2.05) is 62.2 Å². The molecule has 12 atom stereocenters. The molecule has 0 spiro atoms. The summed E-state index contributed by atoms with van der Waals surface area (Å²) >= 11 is 1.87. The normalized spacial score (nSPS) is 48.1. The van der Waals surface area contributed by atoms with Crippen LogP contribution in [0.3, 0.4) is 0 Å². The van der Waals surface area contributed by atoms with Crippen molar-refractivity contribution in [3.63, 3.8) is 0 Å². The van der Waals surface area contributed by atoms with Crippen molar-refractivity contribution in [1.29, 1.82) is 0 Å². The number of likely N-dealkylation sites (N-methyl/N-ethyl adjacent to an activating group) is 1. The zero-order valence-corrected chi connectivity index (χ0v) is 26.2. The van der Waals surface area contributed by atoms with Crippen molar-refractivity contribution < 1.29 is 39.1 Å². The van der Waals surface area contributed by atoms with E-state index in [1.165, 1.54) is 6.92 Å². The van der Waals surface area contributed by atoms with Crippen molar-refractivity contribution in [1.82, 2.24) is 4.90 Å². The van der Waals surface area contributed by atoms with Crippen molar-refractivity contribution in [2.75, 3.05) is 20.7 Å². The molecule has 0 saturated carbocycles. The monoisotopic (exact) mass is 643 g/mol. The van der Waals surface area contributed by atoms with Gasteiger partial charge in [-0.15, -0.1) is 0 Å². The number of ether oxygens (including phenoxy) is 4. The lowest BCUT2D eigenvalue weighted by Crippen LogP contribution is -2.57. The molecule has 3 N–H and O–H groups in total. The standard InChI is InChI=1S/C27H50INO8/c1-15-10-20(30)11-16(2)22(36-21-13-26(6,34-9)12-17(3)35-21)18(4)24(32)37-25(28)27(7,33)23(31)19(5)29(8)14-15/h15-23,25,30-31,33H,10-14H2,1-9H3/t15-,16-,17+,18-,19-,20-,21+,22+,23-,25+,26+,27+/m1/s1. The summed E-state index contributed by atoms with van der Waals surface area (Å²) in [5, 5.41) is 33.2. The minimum Gasteiger partial charge on any atom is -0.448 e. The van der Waals surface area contributed by atoms with Gasteiger partial charge in [-0.2, -0.15) is 0 Å². The number of halogens is 1. The van der Waals surface area contributed by atoms with E-state index in [1.54, 1.807) is 14.0 Å². The number of aliphatic hydroxyl groups is 3. The summed E-state index contributed by atoms with van der Waals surface area (Å²) in [7, 11) is 3.56. The summed E-state index contributed by atoms with van der Waals surface area (Å²) in [5.74, 6) is -1.28. The third-order valence-electron chi connectivity index (χ3n) is 8.28. The van der Waals surface area contributed by atoms with E-state index in [9.17, 15) is 20.1 Å². The molecule has 10 heteroatoms. The summed E-state index contributed by atoms with van der Waals surface area (Å²) < 4.78 is 23.0. The number of carbonyl (C=O) groups excluding carboxylic acids is 1. The fraction of sp³-hybridized carbons (Fsp3) is 0.963. The maximum atomic E-state index is 13.3. The largest absolute Gasteiger partial charge is 0.448 e. The van der Waals surface area contributed by atoms with Crippen molar-refractivity contribution in [2.24, 2.45) is 17.8 Å². The van der Waals surface area contributed by atoms with Gasteiger partial charge in [-0.1, -0.05) is 13.8 Å². The van der Waals surface area contributed by atoms with Crippen LogP contribution in [0, 0.1) is 17.8 Å². The SMILES string of the molecule is CO[C@]1(C)C[C@H](O[C@H]2[C@H](C)C[C@H](O)C[C@@H](C)CN(C)[C@H](C)[C@@H](O)[C@](C)(O)[C@@H](I)OC(=O)[C@@H]2C)O[C@@H](C)C1. The predicted molar refractivity (Wildman–Crippen MR) is 149 cm³/mol. The highest BCUT2D eigenvalue weighted by Crippen LogP contribution is 2.36. The van der Waals surface area contributed by atoms with Gasteiger partial charge in [0.15, 0.2) is 10.4 Å². The van der Waals surface area contributed by atoms with Crippen LogP contribution < -0.4 is 0 Å². The second kappa shape index (κ2) is 13.5. The maximum Gasteiger partial charge on any atom is 0.312 e. The van der Waals surface area contributed by atoms with Crippen LogP contribution in [-0.2, 0) is 23.7 Å². The van der Waals surface area contributed by atoms with Gasteiger partial charge in [-0.05, 0) is 88.9 Å². The third-order valence-corrected chi connectivity index (χ3v) is 9.79. The Bertz CT molecular complexity index is 741. The summed E-state index contributed by atoms with van der Waals surface area (Å²) in [6.45, 7) is 13.7. The first kappa shape index (κ1) is 33.1. The molecule has 0 bridgehead atoms. The van der Waals surface area contributed by atoms with Gasteiger partial charge in [0, 0.05) is 32.5 Å². The van der Waals surface area contributed by atoms with E-state index in [-0.39, 0.29) is 17.9 Å². The molecule has 0 amide bonds. The van der Waals surface area contributed by atoms with E-state index < -0.39 is 57.8 Å².